The number of nitrogens with zero attached hydrogens (tertiary/aromatic N) is 3. The highest BCUT2D eigenvalue weighted by Gasteiger charge is 2.23. The van der Waals surface area contributed by atoms with Crippen molar-refractivity contribution in [2.24, 2.45) is 0 Å². The van der Waals surface area contributed by atoms with Gasteiger partial charge in [0.2, 0.25) is 0 Å². The Kier molecular flexibility index (Phi) is 4.62. The summed E-state index contributed by atoms with van der Waals surface area (Å²) in [6.45, 7) is 4.30. The van der Waals surface area contributed by atoms with Crippen molar-refractivity contribution in [1.29, 1.82) is 0 Å². The number of imidazole rings is 1. The van der Waals surface area contributed by atoms with E-state index in [9.17, 15) is 9.59 Å². The molecule has 138 valence electrons. The third-order valence-electron chi connectivity index (χ3n) is 4.94. The van der Waals surface area contributed by atoms with E-state index in [-0.39, 0.29) is 11.8 Å². The van der Waals surface area contributed by atoms with Crippen LogP contribution in [0.5, 0.6) is 0 Å². The molecule has 1 aromatic heterocycles. The van der Waals surface area contributed by atoms with E-state index < -0.39 is 0 Å². The number of nitrogens with one attached hydrogen (secondary N) is 1. The first-order valence-electron chi connectivity index (χ1n) is 9.22. The summed E-state index contributed by atoms with van der Waals surface area (Å²) in [5.74, 6) is 0.858. The first-order chi connectivity index (χ1) is 13.1. The largest absolute Gasteiger partial charge is 0.342 e. The fourth-order valence-electron chi connectivity index (χ4n) is 3.54. The van der Waals surface area contributed by atoms with Crippen LogP contribution in [0.1, 0.15) is 33.0 Å². The van der Waals surface area contributed by atoms with Crippen LogP contribution in [-0.4, -0.2) is 57.8 Å². The number of carbonyl (C=O) groups excluding carboxylic acids is 2. The molecule has 0 spiro atoms. The molecule has 0 atom stereocenters. The highest BCUT2D eigenvalue weighted by molar-refractivity contribution is 5.97. The summed E-state index contributed by atoms with van der Waals surface area (Å²) in [6.07, 6.45) is 0.774. The summed E-state index contributed by atoms with van der Waals surface area (Å²) >= 11 is 0. The van der Waals surface area contributed by atoms with Gasteiger partial charge < -0.3 is 14.8 Å². The van der Waals surface area contributed by atoms with Gasteiger partial charge in [0.15, 0.2) is 0 Å². The summed E-state index contributed by atoms with van der Waals surface area (Å²) in [7, 11) is 0. The van der Waals surface area contributed by atoms with E-state index >= 15 is 0 Å². The molecule has 3 aromatic rings. The molecule has 2 aromatic carbocycles. The number of aromatic nitrogens is 2. The molecule has 0 radical (unpaired) electrons. The van der Waals surface area contributed by atoms with Crippen molar-refractivity contribution in [2.75, 3.05) is 26.2 Å². The van der Waals surface area contributed by atoms with Gasteiger partial charge in [-0.15, -0.1) is 0 Å². The predicted molar refractivity (Wildman–Crippen MR) is 104 cm³/mol. The minimum Gasteiger partial charge on any atom is -0.342 e. The fraction of sp³-hybridized carbons (Fsp3) is 0.286. The second-order valence-corrected chi connectivity index (χ2v) is 6.86. The molecule has 27 heavy (non-hydrogen) atoms. The maximum Gasteiger partial charge on any atom is 0.253 e. The van der Waals surface area contributed by atoms with Gasteiger partial charge in [0.25, 0.3) is 11.8 Å². The topological polar surface area (TPSA) is 69.3 Å². The first kappa shape index (κ1) is 17.3. The molecule has 0 aliphatic carbocycles. The molecule has 6 heteroatoms. The minimum absolute atomic E-state index is 0.00170. The summed E-state index contributed by atoms with van der Waals surface area (Å²) < 4.78 is 0. The molecule has 6 nitrogen and oxygen atoms in total. The molecule has 1 aliphatic rings. The third-order valence-corrected chi connectivity index (χ3v) is 4.94. The van der Waals surface area contributed by atoms with Crippen LogP contribution in [0.4, 0.5) is 0 Å². The number of H-pyrrole nitrogens is 1. The molecule has 1 fully saturated rings. The average molecular weight is 362 g/mol. The molecule has 1 saturated heterocycles. The number of benzene rings is 2. The van der Waals surface area contributed by atoms with Gasteiger partial charge in [0, 0.05) is 37.3 Å². The van der Waals surface area contributed by atoms with Crippen LogP contribution in [0.3, 0.4) is 0 Å². The zero-order valence-electron chi connectivity index (χ0n) is 15.3. The van der Waals surface area contributed by atoms with Crippen molar-refractivity contribution >= 4 is 22.8 Å². The Morgan fingerprint density at radius 2 is 1.56 bits per heavy atom. The summed E-state index contributed by atoms with van der Waals surface area (Å²) in [5, 5.41) is 0. The van der Waals surface area contributed by atoms with Crippen LogP contribution in [0.2, 0.25) is 0 Å². The van der Waals surface area contributed by atoms with Gasteiger partial charge in [-0.3, -0.25) is 9.59 Å². The van der Waals surface area contributed by atoms with Crippen LogP contribution in [0, 0.1) is 6.92 Å². The van der Waals surface area contributed by atoms with E-state index in [2.05, 4.69) is 9.97 Å². The molecule has 1 aliphatic heterocycles. The van der Waals surface area contributed by atoms with E-state index in [1.807, 2.05) is 65.3 Å². The highest BCUT2D eigenvalue weighted by atomic mass is 16.2. The predicted octanol–water partition coefficient (Wildman–Crippen LogP) is 2.86. The van der Waals surface area contributed by atoms with Crippen LogP contribution in [0.25, 0.3) is 11.0 Å². The molecule has 1 N–H and O–H groups in total. The fourth-order valence-corrected chi connectivity index (χ4v) is 3.54. The Bertz CT molecular complexity index is 980. The number of amides is 2. The Labute approximate surface area is 157 Å². The van der Waals surface area contributed by atoms with Crippen molar-refractivity contribution < 1.29 is 9.59 Å². The Morgan fingerprint density at radius 3 is 2.26 bits per heavy atom. The Morgan fingerprint density at radius 1 is 0.889 bits per heavy atom. The first-order valence-corrected chi connectivity index (χ1v) is 9.22. The van der Waals surface area contributed by atoms with Crippen molar-refractivity contribution in [3.63, 3.8) is 0 Å². The smallest absolute Gasteiger partial charge is 0.253 e. The standard InChI is InChI=1S/C21H22N4O2/c1-15-22-18-9-8-17(14-19(18)23-15)21(27)25-11-5-10-24(12-13-25)20(26)16-6-3-2-4-7-16/h2-4,6-9,14H,5,10-13H2,1H3,(H,22,23). The van der Waals surface area contributed by atoms with Crippen molar-refractivity contribution in [2.45, 2.75) is 13.3 Å². The van der Waals surface area contributed by atoms with Crippen LogP contribution < -0.4 is 0 Å². The number of rotatable bonds is 2. The van der Waals surface area contributed by atoms with Gasteiger partial charge in [-0.25, -0.2) is 4.98 Å². The van der Waals surface area contributed by atoms with Gasteiger partial charge in [-0.1, -0.05) is 18.2 Å². The number of carbonyl (C=O) groups is 2. The maximum absolute atomic E-state index is 12.9. The molecular formula is C21H22N4O2. The van der Waals surface area contributed by atoms with E-state index in [4.69, 9.17) is 0 Å². The molecular weight excluding hydrogens is 340 g/mol. The van der Waals surface area contributed by atoms with Crippen LogP contribution in [0.15, 0.2) is 48.5 Å². The van der Waals surface area contributed by atoms with Crippen molar-refractivity contribution in [3.05, 3.63) is 65.5 Å². The molecule has 0 bridgehead atoms. The molecule has 2 heterocycles. The van der Waals surface area contributed by atoms with Gasteiger partial charge >= 0.3 is 0 Å². The van der Waals surface area contributed by atoms with Crippen LogP contribution >= 0.6 is 0 Å². The van der Waals surface area contributed by atoms with Crippen molar-refractivity contribution in [3.8, 4) is 0 Å². The quantitative estimate of drug-likeness (QED) is 0.762. The van der Waals surface area contributed by atoms with Gasteiger partial charge in [0.05, 0.1) is 11.0 Å². The molecule has 4 rings (SSSR count). The number of aryl methyl sites for hydroxylation is 1. The normalized spacial score (nSPS) is 15.0. The van der Waals surface area contributed by atoms with Crippen LogP contribution in [-0.2, 0) is 0 Å². The van der Waals surface area contributed by atoms with E-state index in [1.54, 1.807) is 0 Å². The molecule has 0 unspecified atom stereocenters. The monoisotopic (exact) mass is 362 g/mol. The zero-order chi connectivity index (χ0) is 18.8. The SMILES string of the molecule is Cc1nc2ccc(C(=O)N3CCCN(C(=O)c4ccccc4)CC3)cc2[nH]1. The maximum atomic E-state index is 12.9. The zero-order valence-corrected chi connectivity index (χ0v) is 15.3. The lowest BCUT2D eigenvalue weighted by Crippen LogP contribution is -2.37. The number of aromatic amines is 1. The highest BCUT2D eigenvalue weighted by Crippen LogP contribution is 2.17. The minimum atomic E-state index is -0.00170. The van der Waals surface area contributed by atoms with Gasteiger partial charge in [-0.05, 0) is 43.7 Å². The Balaban J connectivity index is 1.47. The number of fused-ring (bicyclic) bond motifs is 1. The second-order valence-electron chi connectivity index (χ2n) is 6.86. The van der Waals surface area contributed by atoms with E-state index in [0.717, 1.165) is 23.3 Å². The summed E-state index contributed by atoms with van der Waals surface area (Å²) in [6, 6.07) is 14.9. The molecule has 2 amide bonds. The van der Waals surface area contributed by atoms with Gasteiger partial charge in [-0.2, -0.15) is 0 Å². The average Bonchev–Trinajstić information content (AvgIpc) is 2.90. The summed E-state index contributed by atoms with van der Waals surface area (Å²) in [5.41, 5.74) is 3.07. The summed E-state index contributed by atoms with van der Waals surface area (Å²) in [4.78, 5) is 36.8. The third kappa shape index (κ3) is 3.56. The van der Waals surface area contributed by atoms with Gasteiger partial charge in [0.1, 0.15) is 5.82 Å². The molecule has 0 saturated carbocycles. The Hall–Kier alpha value is -3.15. The second kappa shape index (κ2) is 7.23. The number of hydrogen-bond donors (Lipinski definition) is 1. The van der Waals surface area contributed by atoms with Crippen molar-refractivity contribution in [1.82, 2.24) is 19.8 Å². The lowest BCUT2D eigenvalue weighted by atomic mass is 10.1. The number of hydrogen-bond acceptors (Lipinski definition) is 3. The lowest BCUT2D eigenvalue weighted by molar-refractivity contribution is 0.0719. The lowest BCUT2D eigenvalue weighted by Gasteiger charge is -2.22. The van der Waals surface area contributed by atoms with E-state index in [1.165, 1.54) is 0 Å². The van der Waals surface area contributed by atoms with E-state index in [0.29, 0.717) is 37.3 Å².